The van der Waals surface area contributed by atoms with Crippen LogP contribution in [0.4, 0.5) is 0 Å². The van der Waals surface area contributed by atoms with Gasteiger partial charge in [-0.1, -0.05) is 60.7 Å². The van der Waals surface area contributed by atoms with Gasteiger partial charge in [-0.2, -0.15) is 0 Å². The van der Waals surface area contributed by atoms with Gasteiger partial charge in [-0.05, 0) is 37.1 Å². The zero-order valence-electron chi connectivity index (χ0n) is 14.9. The largest absolute Gasteiger partial charge is 0.372 e. The van der Waals surface area contributed by atoms with E-state index in [-0.39, 0.29) is 5.91 Å². The van der Waals surface area contributed by atoms with Gasteiger partial charge in [-0.3, -0.25) is 4.79 Å². The predicted octanol–water partition coefficient (Wildman–Crippen LogP) is 2.33. The Balaban J connectivity index is 1.90. The third-order valence-electron chi connectivity index (χ3n) is 5.06. The van der Waals surface area contributed by atoms with E-state index in [1.807, 2.05) is 60.7 Å². The average Bonchev–Trinajstić information content (AvgIpc) is 3.06. The first-order valence-electron chi connectivity index (χ1n) is 8.79. The molecule has 1 aliphatic rings. The highest BCUT2D eigenvalue weighted by atomic mass is 16.3. The number of rotatable bonds is 5. The molecule has 1 aliphatic heterocycles. The molecule has 1 saturated heterocycles. The van der Waals surface area contributed by atoms with Crippen LogP contribution in [0, 0.1) is 5.92 Å². The molecule has 1 atom stereocenters. The van der Waals surface area contributed by atoms with Crippen molar-refractivity contribution in [2.24, 2.45) is 5.92 Å². The summed E-state index contributed by atoms with van der Waals surface area (Å²) in [5, 5.41) is 11.5. The molecule has 0 aliphatic carbocycles. The first-order chi connectivity index (χ1) is 12.0. The number of amides is 1. The molecule has 0 bridgehead atoms. The number of likely N-dealkylation sites (tertiary alicyclic amines) is 1. The molecule has 25 heavy (non-hydrogen) atoms. The fourth-order valence-electron chi connectivity index (χ4n) is 3.69. The second-order valence-electron chi connectivity index (χ2n) is 7.05. The van der Waals surface area contributed by atoms with Gasteiger partial charge in [-0.15, -0.1) is 0 Å². The van der Waals surface area contributed by atoms with Crippen molar-refractivity contribution in [3.05, 3.63) is 71.8 Å². The summed E-state index contributed by atoms with van der Waals surface area (Å²) < 4.78 is 0. The van der Waals surface area contributed by atoms with Crippen LogP contribution in [0.3, 0.4) is 0 Å². The number of carbonyl (C=O) groups excluding carboxylic acids is 1. The molecule has 0 saturated carbocycles. The van der Waals surface area contributed by atoms with Crippen LogP contribution in [-0.2, 0) is 10.4 Å². The third-order valence-corrected chi connectivity index (χ3v) is 5.06. The Morgan fingerprint density at radius 1 is 1.12 bits per heavy atom. The molecule has 0 spiro atoms. The quantitative estimate of drug-likeness (QED) is 0.910. The minimum Gasteiger partial charge on any atom is -0.372 e. The fourth-order valence-corrected chi connectivity index (χ4v) is 3.69. The van der Waals surface area contributed by atoms with Crippen molar-refractivity contribution in [1.29, 1.82) is 0 Å². The topological polar surface area (TPSA) is 43.8 Å². The monoisotopic (exact) mass is 338 g/mol. The zero-order valence-corrected chi connectivity index (χ0v) is 14.9. The molecule has 3 rings (SSSR count). The number of aliphatic hydroxyl groups is 1. The van der Waals surface area contributed by atoms with Crippen LogP contribution in [0.5, 0.6) is 0 Å². The maximum Gasteiger partial charge on any atom is 0.263 e. The molecule has 1 amide bonds. The van der Waals surface area contributed by atoms with E-state index in [4.69, 9.17) is 0 Å². The Kier molecular flexibility index (Phi) is 5.21. The van der Waals surface area contributed by atoms with Gasteiger partial charge in [0.05, 0.1) is 0 Å². The first-order valence-corrected chi connectivity index (χ1v) is 8.79. The standard InChI is InChI=1S/C21H26N2O2/c1-22-14-13-17(15-22)16-23(2)20(24)21(25,18-9-5-3-6-10-18)19-11-7-4-8-12-19/h3-12,17,25H,13-16H2,1-2H3. The van der Waals surface area contributed by atoms with Gasteiger partial charge in [-0.25, -0.2) is 0 Å². The lowest BCUT2D eigenvalue weighted by Gasteiger charge is -2.33. The van der Waals surface area contributed by atoms with E-state index in [0.717, 1.165) is 19.5 Å². The molecule has 132 valence electrons. The molecule has 1 unspecified atom stereocenters. The second-order valence-corrected chi connectivity index (χ2v) is 7.05. The minimum absolute atomic E-state index is 0.278. The van der Waals surface area contributed by atoms with E-state index >= 15 is 0 Å². The van der Waals surface area contributed by atoms with Crippen molar-refractivity contribution in [2.45, 2.75) is 12.0 Å². The Morgan fingerprint density at radius 3 is 2.08 bits per heavy atom. The van der Waals surface area contributed by atoms with E-state index < -0.39 is 5.60 Å². The van der Waals surface area contributed by atoms with Gasteiger partial charge in [0, 0.05) is 20.1 Å². The van der Waals surface area contributed by atoms with Crippen molar-refractivity contribution in [1.82, 2.24) is 9.80 Å². The van der Waals surface area contributed by atoms with Crippen molar-refractivity contribution < 1.29 is 9.90 Å². The average molecular weight is 338 g/mol. The SMILES string of the molecule is CN1CCC(CN(C)C(=O)C(O)(c2ccccc2)c2ccccc2)C1. The smallest absolute Gasteiger partial charge is 0.263 e. The Labute approximate surface area is 149 Å². The molecule has 1 fully saturated rings. The number of hydrogen-bond acceptors (Lipinski definition) is 3. The van der Waals surface area contributed by atoms with Gasteiger partial charge in [0.15, 0.2) is 5.60 Å². The fraction of sp³-hybridized carbons (Fsp3) is 0.381. The molecular formula is C21H26N2O2. The lowest BCUT2D eigenvalue weighted by Crippen LogP contribution is -2.47. The summed E-state index contributed by atoms with van der Waals surface area (Å²) in [5.74, 6) is 0.175. The lowest BCUT2D eigenvalue weighted by atomic mass is 9.85. The van der Waals surface area contributed by atoms with Crippen LogP contribution in [0.15, 0.2) is 60.7 Å². The van der Waals surface area contributed by atoms with Crippen molar-refractivity contribution in [2.75, 3.05) is 33.7 Å². The molecule has 4 nitrogen and oxygen atoms in total. The van der Waals surface area contributed by atoms with E-state index in [9.17, 15) is 9.90 Å². The molecule has 0 radical (unpaired) electrons. The molecule has 1 N–H and O–H groups in total. The summed E-state index contributed by atoms with van der Waals surface area (Å²) in [6, 6.07) is 18.4. The maximum atomic E-state index is 13.3. The van der Waals surface area contributed by atoms with Crippen LogP contribution in [0.1, 0.15) is 17.5 Å². The van der Waals surface area contributed by atoms with Crippen LogP contribution < -0.4 is 0 Å². The second kappa shape index (κ2) is 7.38. The zero-order chi connectivity index (χ0) is 17.9. The third kappa shape index (κ3) is 3.60. The molecule has 4 heteroatoms. The number of carbonyl (C=O) groups is 1. The summed E-state index contributed by atoms with van der Waals surface area (Å²) in [7, 11) is 3.89. The van der Waals surface area contributed by atoms with E-state index in [0.29, 0.717) is 23.6 Å². The van der Waals surface area contributed by atoms with Crippen molar-refractivity contribution in [3.63, 3.8) is 0 Å². The highest BCUT2D eigenvalue weighted by molar-refractivity contribution is 5.90. The number of benzene rings is 2. The summed E-state index contributed by atoms with van der Waals surface area (Å²) in [5.41, 5.74) is -0.468. The first kappa shape index (κ1) is 17.6. The van der Waals surface area contributed by atoms with Crippen LogP contribution in [0.25, 0.3) is 0 Å². The Hall–Kier alpha value is -2.17. The molecule has 1 heterocycles. The van der Waals surface area contributed by atoms with Crippen molar-refractivity contribution >= 4 is 5.91 Å². The Morgan fingerprint density at radius 2 is 1.64 bits per heavy atom. The number of hydrogen-bond donors (Lipinski definition) is 1. The normalized spacial score (nSPS) is 18.3. The van der Waals surface area contributed by atoms with E-state index in [1.165, 1.54) is 0 Å². The van der Waals surface area contributed by atoms with Crippen LogP contribution >= 0.6 is 0 Å². The van der Waals surface area contributed by atoms with Gasteiger partial charge in [0.25, 0.3) is 5.91 Å². The minimum atomic E-state index is -1.66. The van der Waals surface area contributed by atoms with Crippen molar-refractivity contribution in [3.8, 4) is 0 Å². The number of nitrogens with zero attached hydrogens (tertiary/aromatic N) is 2. The van der Waals surface area contributed by atoms with Crippen LogP contribution in [-0.4, -0.2) is 54.5 Å². The highest BCUT2D eigenvalue weighted by Crippen LogP contribution is 2.32. The predicted molar refractivity (Wildman–Crippen MR) is 99.1 cm³/mol. The number of likely N-dealkylation sites (N-methyl/N-ethyl adjacent to an activating group) is 1. The molecular weight excluding hydrogens is 312 g/mol. The van der Waals surface area contributed by atoms with Gasteiger partial charge in [0.1, 0.15) is 0 Å². The molecule has 2 aromatic carbocycles. The summed E-state index contributed by atoms with van der Waals surface area (Å²) >= 11 is 0. The molecule has 0 aromatic heterocycles. The van der Waals surface area contributed by atoms with Gasteiger partial charge >= 0.3 is 0 Å². The van der Waals surface area contributed by atoms with Gasteiger partial charge < -0.3 is 14.9 Å². The van der Waals surface area contributed by atoms with E-state index in [2.05, 4.69) is 11.9 Å². The van der Waals surface area contributed by atoms with E-state index in [1.54, 1.807) is 11.9 Å². The summed E-state index contributed by atoms with van der Waals surface area (Å²) in [4.78, 5) is 17.3. The molecule has 2 aromatic rings. The summed E-state index contributed by atoms with van der Waals surface area (Å²) in [6.07, 6.45) is 1.09. The lowest BCUT2D eigenvalue weighted by molar-refractivity contribution is -0.147. The highest BCUT2D eigenvalue weighted by Gasteiger charge is 2.42. The Bertz CT molecular complexity index is 663. The van der Waals surface area contributed by atoms with Crippen LogP contribution in [0.2, 0.25) is 0 Å². The maximum absolute atomic E-state index is 13.3. The van der Waals surface area contributed by atoms with Gasteiger partial charge in [0.2, 0.25) is 0 Å². The summed E-state index contributed by atoms with van der Waals surface area (Å²) in [6.45, 7) is 2.71.